The van der Waals surface area contributed by atoms with E-state index >= 15 is 4.39 Å². The third-order valence-corrected chi connectivity index (χ3v) is 8.94. The summed E-state index contributed by atoms with van der Waals surface area (Å²) in [6.07, 6.45) is 6.45. The number of nitrogens with one attached hydrogen (secondary N) is 2. The number of methoxy groups -OCH3 is 1. The van der Waals surface area contributed by atoms with Crippen molar-refractivity contribution in [3.8, 4) is 11.5 Å². The number of likely N-dealkylation sites (tertiary alicyclic amines) is 1. The van der Waals surface area contributed by atoms with E-state index in [1.54, 1.807) is 24.1 Å². The highest BCUT2D eigenvalue weighted by atomic mass is 19.1. The topological polar surface area (TPSA) is 97.0 Å². The molecular formula is C35H48FN3O5. The molecule has 2 N–H and O–H groups in total. The van der Waals surface area contributed by atoms with E-state index in [1.807, 2.05) is 39.0 Å². The molecule has 2 aromatic rings. The van der Waals surface area contributed by atoms with Crippen LogP contribution in [0.25, 0.3) is 0 Å². The maximum Gasteiger partial charge on any atom is 0.254 e. The second-order valence-electron chi connectivity index (χ2n) is 12.3. The van der Waals surface area contributed by atoms with Gasteiger partial charge in [0.25, 0.3) is 5.91 Å². The molecule has 2 atom stereocenters. The van der Waals surface area contributed by atoms with E-state index in [0.29, 0.717) is 43.3 Å². The Balaban J connectivity index is 1.39. The summed E-state index contributed by atoms with van der Waals surface area (Å²) in [7, 11) is 1.61. The Kier molecular flexibility index (Phi) is 12.2. The molecule has 0 radical (unpaired) electrons. The minimum absolute atomic E-state index is 0.00189. The number of benzene rings is 2. The largest absolute Gasteiger partial charge is 0.497 e. The summed E-state index contributed by atoms with van der Waals surface area (Å²) in [6, 6.07) is 9.89. The molecule has 1 aliphatic carbocycles. The Hall–Kier alpha value is -3.46. The Morgan fingerprint density at radius 3 is 2.52 bits per heavy atom. The van der Waals surface area contributed by atoms with Crippen molar-refractivity contribution in [2.45, 2.75) is 84.2 Å². The first kappa shape index (κ1) is 33.4. The SMILES string of the molecule is CCOc1cc(OC)ccc1CNCC(=O)N1CCCC(c2cccc(C(=O)NC(C(=O)C(C)C)C3CCCCC3)c2F)C1. The molecule has 2 unspecified atom stereocenters. The molecule has 8 nitrogen and oxygen atoms in total. The zero-order valence-corrected chi connectivity index (χ0v) is 26.6. The molecule has 9 heteroatoms. The van der Waals surface area contributed by atoms with Crippen molar-refractivity contribution in [1.82, 2.24) is 15.5 Å². The summed E-state index contributed by atoms with van der Waals surface area (Å²) in [5, 5.41) is 6.14. The highest BCUT2D eigenvalue weighted by Crippen LogP contribution is 2.32. The smallest absolute Gasteiger partial charge is 0.254 e. The van der Waals surface area contributed by atoms with Gasteiger partial charge in [-0.3, -0.25) is 14.4 Å². The molecule has 1 aliphatic heterocycles. The maximum atomic E-state index is 16.0. The first-order valence-corrected chi connectivity index (χ1v) is 16.1. The van der Waals surface area contributed by atoms with Gasteiger partial charge in [-0.1, -0.05) is 51.3 Å². The van der Waals surface area contributed by atoms with Crippen LogP contribution < -0.4 is 20.1 Å². The van der Waals surface area contributed by atoms with E-state index in [9.17, 15) is 14.4 Å². The van der Waals surface area contributed by atoms with Crippen LogP contribution in [-0.2, 0) is 16.1 Å². The zero-order chi connectivity index (χ0) is 31.6. The standard InChI is InChI=1S/C35H48FN3O5/c1-5-44-30-19-27(43-4)17-16-25(30)20-37-21-31(40)39-18-10-13-26(22-39)28-14-9-15-29(32(28)36)35(42)38-33(34(41)23(2)3)24-11-7-6-8-12-24/h9,14-17,19,23-24,26,33,37H,5-8,10-13,18,20-22H2,1-4H3,(H,38,42). The van der Waals surface area contributed by atoms with Crippen molar-refractivity contribution < 1.29 is 28.2 Å². The Morgan fingerprint density at radius 1 is 1.05 bits per heavy atom. The zero-order valence-electron chi connectivity index (χ0n) is 26.6. The lowest BCUT2D eigenvalue weighted by Gasteiger charge is -2.34. The molecule has 0 spiro atoms. The van der Waals surface area contributed by atoms with Crippen molar-refractivity contribution in [3.63, 3.8) is 0 Å². The third-order valence-electron chi connectivity index (χ3n) is 8.94. The van der Waals surface area contributed by atoms with Crippen LogP contribution in [0, 0.1) is 17.7 Å². The molecule has 1 saturated heterocycles. The van der Waals surface area contributed by atoms with Crippen molar-refractivity contribution in [2.75, 3.05) is 33.4 Å². The molecule has 0 aromatic heterocycles. The van der Waals surface area contributed by atoms with Gasteiger partial charge in [0, 0.05) is 43.1 Å². The van der Waals surface area contributed by atoms with Gasteiger partial charge in [-0.15, -0.1) is 0 Å². The molecule has 1 saturated carbocycles. The van der Waals surface area contributed by atoms with Crippen molar-refractivity contribution in [3.05, 3.63) is 58.9 Å². The summed E-state index contributed by atoms with van der Waals surface area (Å²) in [5.41, 5.74) is 1.32. The van der Waals surface area contributed by atoms with Crippen LogP contribution in [0.4, 0.5) is 4.39 Å². The molecule has 2 aromatic carbocycles. The normalized spacial score (nSPS) is 18.1. The highest BCUT2D eigenvalue weighted by Gasteiger charge is 2.34. The number of piperidine rings is 1. The number of carbonyl (C=O) groups excluding carboxylic acids is 3. The summed E-state index contributed by atoms with van der Waals surface area (Å²) in [5.74, 6) is -0.125. The second-order valence-corrected chi connectivity index (χ2v) is 12.3. The van der Waals surface area contributed by atoms with E-state index in [1.165, 1.54) is 6.07 Å². The number of hydrogen-bond donors (Lipinski definition) is 2. The number of halogens is 1. The first-order valence-electron chi connectivity index (χ1n) is 16.1. The second kappa shape index (κ2) is 16.0. The van der Waals surface area contributed by atoms with Gasteiger partial charge in [0.15, 0.2) is 5.78 Å². The fraction of sp³-hybridized carbons (Fsp3) is 0.571. The fourth-order valence-corrected chi connectivity index (χ4v) is 6.48. The van der Waals surface area contributed by atoms with Crippen LogP contribution >= 0.6 is 0 Å². The quantitative estimate of drug-likeness (QED) is 0.306. The number of hydrogen-bond acceptors (Lipinski definition) is 6. The summed E-state index contributed by atoms with van der Waals surface area (Å²) in [4.78, 5) is 41.4. The van der Waals surface area contributed by atoms with Gasteiger partial charge in [-0.2, -0.15) is 0 Å². The number of carbonyl (C=O) groups is 3. The van der Waals surface area contributed by atoms with E-state index < -0.39 is 17.8 Å². The van der Waals surface area contributed by atoms with Crippen molar-refractivity contribution in [2.24, 2.45) is 11.8 Å². The van der Waals surface area contributed by atoms with E-state index in [2.05, 4.69) is 10.6 Å². The number of ether oxygens (including phenoxy) is 2. The van der Waals surface area contributed by atoms with Crippen LogP contribution in [0.2, 0.25) is 0 Å². The molecule has 2 amide bonds. The van der Waals surface area contributed by atoms with E-state index in [0.717, 1.165) is 50.5 Å². The van der Waals surface area contributed by atoms with E-state index in [-0.39, 0.29) is 41.6 Å². The average molecular weight is 610 g/mol. The van der Waals surface area contributed by atoms with Gasteiger partial charge >= 0.3 is 0 Å². The van der Waals surface area contributed by atoms with Crippen LogP contribution in [0.1, 0.15) is 93.1 Å². The van der Waals surface area contributed by atoms with Gasteiger partial charge in [-0.05, 0) is 56.2 Å². The lowest BCUT2D eigenvalue weighted by Crippen LogP contribution is -2.48. The third kappa shape index (κ3) is 8.37. The van der Waals surface area contributed by atoms with Crippen LogP contribution in [0.5, 0.6) is 11.5 Å². The van der Waals surface area contributed by atoms with Gasteiger partial charge in [0.1, 0.15) is 17.3 Å². The number of amides is 2. The van der Waals surface area contributed by atoms with Crippen LogP contribution in [-0.4, -0.2) is 61.9 Å². The molecule has 240 valence electrons. The Morgan fingerprint density at radius 2 is 1.82 bits per heavy atom. The first-order chi connectivity index (χ1) is 21.2. The van der Waals surface area contributed by atoms with Gasteiger partial charge in [0.05, 0.1) is 31.9 Å². The molecule has 1 heterocycles. The Bertz CT molecular complexity index is 1290. The molecular weight excluding hydrogens is 561 g/mol. The fourth-order valence-electron chi connectivity index (χ4n) is 6.48. The summed E-state index contributed by atoms with van der Waals surface area (Å²) >= 11 is 0. The monoisotopic (exact) mass is 609 g/mol. The number of ketones is 1. The van der Waals surface area contributed by atoms with Crippen molar-refractivity contribution >= 4 is 17.6 Å². The molecule has 2 fully saturated rings. The lowest BCUT2D eigenvalue weighted by molar-refractivity contribution is -0.131. The maximum absolute atomic E-state index is 16.0. The molecule has 2 aliphatic rings. The highest BCUT2D eigenvalue weighted by molar-refractivity contribution is 5.98. The Labute approximate surface area is 261 Å². The summed E-state index contributed by atoms with van der Waals surface area (Å²) < 4.78 is 27.0. The van der Waals surface area contributed by atoms with Gasteiger partial charge in [0.2, 0.25) is 5.91 Å². The average Bonchev–Trinajstić information content (AvgIpc) is 3.04. The lowest BCUT2D eigenvalue weighted by atomic mass is 9.80. The van der Waals surface area contributed by atoms with E-state index in [4.69, 9.17) is 9.47 Å². The number of Topliss-reactive ketones (excluding diaryl/α,β-unsaturated/α-hetero) is 1. The van der Waals surface area contributed by atoms with Gasteiger partial charge in [-0.25, -0.2) is 4.39 Å². The van der Waals surface area contributed by atoms with Crippen molar-refractivity contribution in [1.29, 1.82) is 0 Å². The molecule has 4 rings (SSSR count). The number of nitrogens with zero attached hydrogens (tertiary/aromatic N) is 1. The van der Waals surface area contributed by atoms with Gasteiger partial charge < -0.3 is 25.0 Å². The minimum atomic E-state index is -0.608. The predicted molar refractivity (Wildman–Crippen MR) is 168 cm³/mol. The van der Waals surface area contributed by atoms with Crippen LogP contribution in [0.15, 0.2) is 36.4 Å². The van der Waals surface area contributed by atoms with Crippen LogP contribution in [0.3, 0.4) is 0 Å². The number of rotatable bonds is 13. The summed E-state index contributed by atoms with van der Waals surface area (Å²) in [6.45, 7) is 7.70. The minimum Gasteiger partial charge on any atom is -0.497 e. The molecule has 44 heavy (non-hydrogen) atoms. The molecule has 0 bridgehead atoms. The predicted octanol–water partition coefficient (Wildman–Crippen LogP) is 5.63.